The second-order valence-electron chi connectivity index (χ2n) is 3.27. The van der Waals surface area contributed by atoms with E-state index >= 15 is 0 Å². The van der Waals surface area contributed by atoms with E-state index in [4.69, 9.17) is 0 Å². The van der Waals surface area contributed by atoms with Crippen LogP contribution in [0, 0.1) is 0 Å². The summed E-state index contributed by atoms with van der Waals surface area (Å²) in [7, 11) is 0. The monoisotopic (exact) mass is 143 g/mol. The van der Waals surface area contributed by atoms with Gasteiger partial charge in [0.05, 0.1) is 0 Å². The van der Waals surface area contributed by atoms with Crippen LogP contribution in [-0.4, -0.2) is 12.1 Å². The van der Waals surface area contributed by atoms with Crippen LogP contribution in [0.3, 0.4) is 0 Å². The molecule has 1 aliphatic heterocycles. The molecule has 0 radical (unpaired) electrons. The van der Waals surface area contributed by atoms with Gasteiger partial charge in [0, 0.05) is 5.54 Å². The first-order valence-electron chi connectivity index (χ1n) is 4.46. The molecule has 1 heterocycles. The molecule has 0 bridgehead atoms. The normalized spacial score (nSPS) is 22.8. The summed E-state index contributed by atoms with van der Waals surface area (Å²) < 4.78 is 0. The van der Waals surface area contributed by atoms with Gasteiger partial charge >= 0.3 is 0 Å². The molecule has 1 saturated heterocycles. The fourth-order valence-electron chi connectivity index (χ4n) is 1.21. The molecular weight excluding hydrogens is 122 g/mol. The predicted molar refractivity (Wildman–Crippen MR) is 47.3 cm³/mol. The van der Waals surface area contributed by atoms with Crippen LogP contribution in [0.4, 0.5) is 0 Å². The molecule has 1 aliphatic rings. The maximum atomic E-state index is 3.46. The first kappa shape index (κ1) is 9.96. The molecule has 0 atom stereocenters. The number of hydrogen-bond acceptors (Lipinski definition) is 1. The minimum atomic E-state index is 0.429. The smallest absolute Gasteiger partial charge is 0.0125 e. The third kappa shape index (κ3) is 3.89. The van der Waals surface area contributed by atoms with E-state index in [-0.39, 0.29) is 0 Å². The topological polar surface area (TPSA) is 12.0 Å². The van der Waals surface area contributed by atoms with E-state index in [1.54, 1.807) is 0 Å². The summed E-state index contributed by atoms with van der Waals surface area (Å²) in [6, 6.07) is 0. The molecule has 1 rings (SSSR count). The van der Waals surface area contributed by atoms with Crippen molar-refractivity contribution in [1.29, 1.82) is 0 Å². The lowest BCUT2D eigenvalue weighted by Gasteiger charge is -2.30. The number of hydrogen-bond donors (Lipinski definition) is 1. The van der Waals surface area contributed by atoms with Gasteiger partial charge in [0.2, 0.25) is 0 Å². The Kier molecular flexibility index (Phi) is 4.71. The fraction of sp³-hybridized carbons (Fsp3) is 1.00. The third-order valence-corrected chi connectivity index (χ3v) is 1.83. The Morgan fingerprint density at radius 1 is 1.10 bits per heavy atom. The molecule has 1 N–H and O–H groups in total. The average Bonchev–Trinajstić information content (AvgIpc) is 1.92. The summed E-state index contributed by atoms with van der Waals surface area (Å²) in [5, 5.41) is 3.46. The van der Waals surface area contributed by atoms with E-state index in [9.17, 15) is 0 Å². The van der Waals surface area contributed by atoms with Crippen molar-refractivity contribution >= 4 is 0 Å². The number of nitrogens with one attached hydrogen (secondary N) is 1. The Hall–Kier alpha value is -0.0400. The van der Waals surface area contributed by atoms with Crippen molar-refractivity contribution in [2.45, 2.75) is 52.5 Å². The molecule has 1 heteroatoms. The van der Waals surface area contributed by atoms with Crippen molar-refractivity contribution in [1.82, 2.24) is 5.32 Å². The standard InChI is InChI=1S/C7H15N.C2H6/c1-7(2)5-3-4-6-8-7;1-2/h8H,3-6H2,1-2H3;1-2H3. The lowest BCUT2D eigenvalue weighted by molar-refractivity contribution is 0.304. The number of rotatable bonds is 0. The Labute approximate surface area is 65.2 Å². The zero-order valence-corrected chi connectivity index (χ0v) is 7.83. The summed E-state index contributed by atoms with van der Waals surface area (Å²) in [5.74, 6) is 0. The minimum absolute atomic E-state index is 0.429. The van der Waals surface area contributed by atoms with Crippen molar-refractivity contribution < 1.29 is 0 Å². The highest BCUT2D eigenvalue weighted by atomic mass is 15.0. The van der Waals surface area contributed by atoms with Gasteiger partial charge < -0.3 is 5.32 Å². The maximum Gasteiger partial charge on any atom is 0.0125 e. The molecule has 0 amide bonds. The van der Waals surface area contributed by atoms with Gasteiger partial charge in [-0.15, -0.1) is 0 Å². The van der Waals surface area contributed by atoms with Crippen LogP contribution in [0.15, 0.2) is 0 Å². The van der Waals surface area contributed by atoms with Crippen molar-refractivity contribution in [2.24, 2.45) is 0 Å². The van der Waals surface area contributed by atoms with Crippen molar-refractivity contribution in [3.8, 4) is 0 Å². The molecule has 0 saturated carbocycles. The Bertz CT molecular complexity index is 68.8. The largest absolute Gasteiger partial charge is 0.312 e. The van der Waals surface area contributed by atoms with E-state index < -0.39 is 0 Å². The summed E-state index contributed by atoms with van der Waals surface area (Å²) in [6.45, 7) is 9.76. The van der Waals surface area contributed by atoms with Gasteiger partial charge in [-0.05, 0) is 33.2 Å². The lowest BCUT2D eigenvalue weighted by Crippen LogP contribution is -2.42. The zero-order chi connectivity index (χ0) is 8.04. The van der Waals surface area contributed by atoms with Gasteiger partial charge in [0.25, 0.3) is 0 Å². The maximum absolute atomic E-state index is 3.46. The van der Waals surface area contributed by atoms with Crippen LogP contribution in [-0.2, 0) is 0 Å². The molecule has 0 aliphatic carbocycles. The van der Waals surface area contributed by atoms with Crippen LogP contribution < -0.4 is 5.32 Å². The Morgan fingerprint density at radius 2 is 1.70 bits per heavy atom. The van der Waals surface area contributed by atoms with Crippen LogP contribution in [0.2, 0.25) is 0 Å². The Morgan fingerprint density at radius 3 is 1.90 bits per heavy atom. The fourth-order valence-corrected chi connectivity index (χ4v) is 1.21. The van der Waals surface area contributed by atoms with Crippen LogP contribution in [0.25, 0.3) is 0 Å². The van der Waals surface area contributed by atoms with Crippen LogP contribution in [0.1, 0.15) is 47.0 Å². The van der Waals surface area contributed by atoms with Gasteiger partial charge in [-0.1, -0.05) is 20.3 Å². The highest BCUT2D eigenvalue weighted by molar-refractivity contribution is 4.80. The predicted octanol–water partition coefficient (Wildman–Crippen LogP) is 2.56. The molecule has 0 aromatic rings. The quantitative estimate of drug-likeness (QED) is 0.549. The van der Waals surface area contributed by atoms with Crippen LogP contribution >= 0.6 is 0 Å². The van der Waals surface area contributed by atoms with Crippen molar-refractivity contribution in [2.75, 3.05) is 6.54 Å². The molecule has 0 spiro atoms. The van der Waals surface area contributed by atoms with Gasteiger partial charge in [0.15, 0.2) is 0 Å². The van der Waals surface area contributed by atoms with Gasteiger partial charge in [0.1, 0.15) is 0 Å². The van der Waals surface area contributed by atoms with Gasteiger partial charge in [-0.25, -0.2) is 0 Å². The summed E-state index contributed by atoms with van der Waals surface area (Å²) in [4.78, 5) is 0. The van der Waals surface area contributed by atoms with E-state index in [1.165, 1.54) is 25.8 Å². The SMILES string of the molecule is CC.CC1(C)CCCCN1. The van der Waals surface area contributed by atoms with Crippen LogP contribution in [0.5, 0.6) is 0 Å². The van der Waals surface area contributed by atoms with Gasteiger partial charge in [-0.3, -0.25) is 0 Å². The highest BCUT2D eigenvalue weighted by Crippen LogP contribution is 2.16. The second-order valence-corrected chi connectivity index (χ2v) is 3.27. The molecule has 0 aromatic carbocycles. The summed E-state index contributed by atoms with van der Waals surface area (Å²) >= 11 is 0. The van der Waals surface area contributed by atoms with Crippen molar-refractivity contribution in [3.63, 3.8) is 0 Å². The second kappa shape index (κ2) is 4.73. The molecule has 1 fully saturated rings. The molecule has 0 aromatic heterocycles. The van der Waals surface area contributed by atoms with Crippen molar-refractivity contribution in [3.05, 3.63) is 0 Å². The number of piperidine rings is 1. The van der Waals surface area contributed by atoms with E-state index in [0.29, 0.717) is 5.54 Å². The zero-order valence-electron chi connectivity index (χ0n) is 7.83. The first-order valence-corrected chi connectivity index (χ1v) is 4.46. The molecular formula is C9H21N. The Balaban J connectivity index is 0.000000371. The molecule has 62 valence electrons. The van der Waals surface area contributed by atoms with E-state index in [0.717, 1.165) is 0 Å². The van der Waals surface area contributed by atoms with Gasteiger partial charge in [-0.2, -0.15) is 0 Å². The minimum Gasteiger partial charge on any atom is -0.312 e. The van der Waals surface area contributed by atoms with E-state index in [2.05, 4.69) is 19.2 Å². The summed E-state index contributed by atoms with van der Waals surface area (Å²) in [6.07, 6.45) is 4.11. The average molecular weight is 143 g/mol. The highest BCUT2D eigenvalue weighted by Gasteiger charge is 2.18. The first-order chi connectivity index (χ1) is 4.71. The molecule has 1 nitrogen and oxygen atoms in total. The third-order valence-electron chi connectivity index (χ3n) is 1.83. The van der Waals surface area contributed by atoms with E-state index in [1.807, 2.05) is 13.8 Å². The molecule has 0 unspecified atom stereocenters. The molecule has 10 heavy (non-hydrogen) atoms. The lowest BCUT2D eigenvalue weighted by atomic mass is 9.93. The summed E-state index contributed by atoms with van der Waals surface area (Å²) in [5.41, 5.74) is 0.429.